The van der Waals surface area contributed by atoms with Crippen LogP contribution in [0.5, 0.6) is 0 Å². The monoisotopic (exact) mass is 829 g/mol. The van der Waals surface area contributed by atoms with E-state index in [-0.39, 0.29) is 37.1 Å². The van der Waals surface area contributed by atoms with Gasteiger partial charge in [-0.05, 0) is 80.3 Å². The minimum atomic E-state index is -5.40. The van der Waals surface area contributed by atoms with Gasteiger partial charge in [0, 0.05) is 49.1 Å². The fourth-order valence-electron chi connectivity index (χ4n) is 6.80. The van der Waals surface area contributed by atoms with Crippen LogP contribution in [-0.4, -0.2) is 60.8 Å². The second-order valence-electron chi connectivity index (χ2n) is 13.7. The number of unbranched alkanes of at least 4 members (excludes halogenated alkanes) is 2. The Morgan fingerprint density at radius 2 is 1.60 bits per heavy atom. The molecular formula is C41H44F9N3O5. The second kappa shape index (κ2) is 20.2. The van der Waals surface area contributed by atoms with Crippen molar-refractivity contribution in [3.05, 3.63) is 117 Å². The lowest BCUT2D eigenvalue weighted by Crippen LogP contribution is -2.41. The number of carbonyl (C=O) groups is 2. The molecule has 4 rings (SSSR count). The molecule has 0 saturated carbocycles. The first-order chi connectivity index (χ1) is 27.4. The topological polar surface area (TPSA) is 89.9 Å². The van der Waals surface area contributed by atoms with Crippen LogP contribution in [0.15, 0.2) is 66.6 Å². The zero-order valence-electron chi connectivity index (χ0n) is 31.7. The van der Waals surface area contributed by atoms with Crippen LogP contribution in [0, 0.1) is 17.5 Å². The van der Waals surface area contributed by atoms with E-state index in [1.54, 1.807) is 6.08 Å². The van der Waals surface area contributed by atoms with Gasteiger partial charge in [0.1, 0.15) is 23.5 Å². The van der Waals surface area contributed by atoms with Gasteiger partial charge in [0.25, 0.3) is 5.56 Å². The minimum absolute atomic E-state index is 0.00839. The summed E-state index contributed by atoms with van der Waals surface area (Å²) in [7, 11) is 0. The Hall–Kier alpha value is -4.90. The molecule has 3 aromatic rings. The molecule has 0 radical (unpaired) electrons. The van der Waals surface area contributed by atoms with E-state index < -0.39 is 100.0 Å². The van der Waals surface area contributed by atoms with Crippen LogP contribution >= 0.6 is 0 Å². The molecule has 58 heavy (non-hydrogen) atoms. The van der Waals surface area contributed by atoms with Crippen molar-refractivity contribution in [1.29, 1.82) is 0 Å². The normalized spacial score (nSPS) is 14.8. The highest BCUT2D eigenvalue weighted by molar-refractivity contribution is 5.82. The number of carbonyl (C=O) groups excluding carboxylic acids is 2. The predicted molar refractivity (Wildman–Crippen MR) is 197 cm³/mol. The number of amides is 1. The Balaban J connectivity index is 1.85. The first kappa shape index (κ1) is 45.8. The third kappa shape index (κ3) is 11.8. The number of alkyl halides is 6. The van der Waals surface area contributed by atoms with Gasteiger partial charge in [-0.3, -0.25) is 19.3 Å². The van der Waals surface area contributed by atoms with Gasteiger partial charge in [-0.25, -0.2) is 13.2 Å². The Morgan fingerprint density at radius 3 is 2.22 bits per heavy atom. The van der Waals surface area contributed by atoms with Crippen molar-refractivity contribution in [2.75, 3.05) is 39.5 Å². The van der Waals surface area contributed by atoms with E-state index in [0.717, 1.165) is 18.3 Å². The number of nitrogens with one attached hydrogen (secondary N) is 1. The van der Waals surface area contributed by atoms with Crippen LogP contribution in [0.25, 0.3) is 11.1 Å². The molecule has 2 heterocycles. The van der Waals surface area contributed by atoms with E-state index in [1.165, 1.54) is 13.0 Å². The van der Waals surface area contributed by atoms with E-state index in [9.17, 15) is 45.1 Å². The molecule has 1 aromatic heterocycles. The van der Waals surface area contributed by atoms with Gasteiger partial charge in [-0.15, -0.1) is 13.2 Å². The largest absolute Gasteiger partial charge is 0.466 e. The summed E-state index contributed by atoms with van der Waals surface area (Å²) in [5.41, 5.74) is -6.70. The number of morpholine rings is 1. The molecule has 0 aliphatic carbocycles. The summed E-state index contributed by atoms with van der Waals surface area (Å²) in [5, 5.41) is 2.30. The maximum absolute atomic E-state index is 16.2. The molecule has 1 aliphatic heterocycles. The van der Waals surface area contributed by atoms with Gasteiger partial charge >= 0.3 is 18.3 Å². The molecule has 316 valence electrons. The van der Waals surface area contributed by atoms with Crippen molar-refractivity contribution in [3.8, 4) is 11.1 Å². The second-order valence-corrected chi connectivity index (χ2v) is 13.7. The van der Waals surface area contributed by atoms with Gasteiger partial charge in [0.15, 0.2) is 0 Å². The molecule has 17 heteroatoms. The van der Waals surface area contributed by atoms with Crippen LogP contribution in [0.3, 0.4) is 0 Å². The number of hydrogen-bond acceptors (Lipinski definition) is 6. The molecular weight excluding hydrogens is 785 g/mol. The average molecular weight is 830 g/mol. The third-order valence-corrected chi connectivity index (χ3v) is 9.60. The predicted octanol–water partition coefficient (Wildman–Crippen LogP) is 8.67. The number of aromatic nitrogens is 1. The smallest absolute Gasteiger partial charge is 0.419 e. The van der Waals surface area contributed by atoms with E-state index >= 15 is 8.78 Å². The number of pyridine rings is 1. The quantitative estimate of drug-likeness (QED) is 0.0598. The lowest BCUT2D eigenvalue weighted by atomic mass is 9.90. The number of halogens is 9. The third-order valence-electron chi connectivity index (χ3n) is 9.60. The fraction of sp³-hybridized carbons (Fsp3) is 0.439. The van der Waals surface area contributed by atoms with Crippen LogP contribution in [-0.2, 0) is 44.3 Å². The molecule has 2 atom stereocenters. The van der Waals surface area contributed by atoms with E-state index in [2.05, 4.69) is 18.5 Å². The molecule has 1 saturated heterocycles. The highest BCUT2D eigenvalue weighted by atomic mass is 19.4. The number of ether oxygens (including phenoxy) is 2. The number of benzene rings is 2. The van der Waals surface area contributed by atoms with Gasteiger partial charge in [-0.1, -0.05) is 12.2 Å². The summed E-state index contributed by atoms with van der Waals surface area (Å²) in [5.74, 6) is -6.50. The molecule has 1 N–H and O–H groups in total. The summed E-state index contributed by atoms with van der Waals surface area (Å²) in [6.45, 7) is 10.1. The maximum atomic E-state index is 16.2. The Labute approximate surface area is 329 Å². The van der Waals surface area contributed by atoms with E-state index in [0.29, 0.717) is 68.3 Å². The zero-order valence-corrected chi connectivity index (χ0v) is 31.7. The molecule has 0 spiro atoms. The van der Waals surface area contributed by atoms with Crippen molar-refractivity contribution >= 4 is 11.9 Å². The van der Waals surface area contributed by atoms with Gasteiger partial charge in [0.2, 0.25) is 5.91 Å². The molecule has 1 aliphatic rings. The highest BCUT2D eigenvalue weighted by Gasteiger charge is 2.39. The fourth-order valence-corrected chi connectivity index (χ4v) is 6.80. The number of aryl methyl sites for hydroxylation is 1. The van der Waals surface area contributed by atoms with Gasteiger partial charge in [-0.2, -0.15) is 26.3 Å². The molecule has 0 bridgehead atoms. The first-order valence-electron chi connectivity index (χ1n) is 18.6. The first-order valence-corrected chi connectivity index (χ1v) is 18.6. The Morgan fingerprint density at radius 1 is 0.914 bits per heavy atom. The number of hydrogen-bond donors (Lipinski definition) is 1. The lowest BCUT2D eigenvalue weighted by Gasteiger charge is -2.28. The van der Waals surface area contributed by atoms with Crippen LogP contribution in [0.4, 0.5) is 39.5 Å². The van der Waals surface area contributed by atoms with Crippen molar-refractivity contribution in [3.63, 3.8) is 0 Å². The van der Waals surface area contributed by atoms with Crippen molar-refractivity contribution in [1.82, 2.24) is 14.8 Å². The van der Waals surface area contributed by atoms with Crippen LogP contribution in [0.1, 0.15) is 78.9 Å². The SMILES string of the molecule is C=CCCCCc1cc(F)cc(F)c1-c1cc([C@H](CC(=O)OCC)NC(=O)[C@H](CC=C)n2cc(CCN3CCOCC3)c(C(F)(F)F)cc2=O)c(F)c(C(F)(F)F)c1. The number of rotatable bonds is 18. The highest BCUT2D eigenvalue weighted by Crippen LogP contribution is 2.40. The lowest BCUT2D eigenvalue weighted by molar-refractivity contribution is -0.144. The summed E-state index contributed by atoms with van der Waals surface area (Å²) in [4.78, 5) is 42.1. The van der Waals surface area contributed by atoms with Gasteiger partial charge in [0.05, 0.1) is 43.4 Å². The Kier molecular flexibility index (Phi) is 15.9. The summed E-state index contributed by atoms with van der Waals surface area (Å²) < 4.78 is 143. The van der Waals surface area contributed by atoms with Crippen LogP contribution in [0.2, 0.25) is 0 Å². The summed E-state index contributed by atoms with van der Waals surface area (Å²) >= 11 is 0. The van der Waals surface area contributed by atoms with E-state index in [4.69, 9.17) is 9.47 Å². The standard InChI is InChI=1S/C41H44F9N3O5/c1-4-7-8-9-11-25-18-28(42)21-32(43)37(25)27-19-29(38(44)31(20-27)41(48,49)50)33(23-36(55)58-6-3)51-39(56)34(10-5-2)53-24-26(12-13-52-14-16-57-17-15-52)30(22-35(53)54)40(45,46)47/h4-5,18-22,24,33-34H,1-2,6-17,23H2,3H3,(H,51,56)/t33-,34-/m0/s1. The minimum Gasteiger partial charge on any atom is -0.466 e. The molecule has 0 unspecified atom stereocenters. The number of esters is 1. The average Bonchev–Trinajstić information content (AvgIpc) is 3.14. The maximum Gasteiger partial charge on any atom is 0.419 e. The summed E-state index contributed by atoms with van der Waals surface area (Å²) in [6.07, 6.45) is -6.83. The molecule has 1 amide bonds. The molecule has 8 nitrogen and oxygen atoms in total. The van der Waals surface area contributed by atoms with Gasteiger partial charge < -0.3 is 19.4 Å². The molecule has 1 fully saturated rings. The number of allylic oxidation sites excluding steroid dienone is 2. The van der Waals surface area contributed by atoms with Crippen molar-refractivity contribution < 1.29 is 58.6 Å². The van der Waals surface area contributed by atoms with Crippen molar-refractivity contribution in [2.45, 2.75) is 76.3 Å². The zero-order chi connectivity index (χ0) is 42.8. The summed E-state index contributed by atoms with van der Waals surface area (Å²) in [6, 6.07) is -0.791. The Bertz CT molecular complexity index is 2010. The number of nitrogens with zero attached hydrogens (tertiary/aromatic N) is 2. The van der Waals surface area contributed by atoms with E-state index in [1.807, 2.05) is 4.90 Å². The van der Waals surface area contributed by atoms with Crippen LogP contribution < -0.4 is 10.9 Å². The molecule has 2 aromatic carbocycles. The van der Waals surface area contributed by atoms with Crippen molar-refractivity contribution in [2.24, 2.45) is 0 Å².